The second kappa shape index (κ2) is 11.4. The molecule has 0 N–H and O–H groups in total. The van der Waals surface area contributed by atoms with Crippen molar-refractivity contribution < 1.29 is 23.8 Å². The van der Waals surface area contributed by atoms with Gasteiger partial charge in [-0.2, -0.15) is 0 Å². The van der Waals surface area contributed by atoms with Crippen LogP contribution < -0.4 is 9.84 Å². The van der Waals surface area contributed by atoms with Gasteiger partial charge >= 0.3 is 0 Å². The molecule has 190 valence electrons. The Hall–Kier alpha value is -3.90. The molecular formula is C31H29FNO4-. The van der Waals surface area contributed by atoms with E-state index < -0.39 is 6.09 Å². The summed E-state index contributed by atoms with van der Waals surface area (Å²) < 4.78 is 26.1. The van der Waals surface area contributed by atoms with E-state index in [-0.39, 0.29) is 24.4 Å². The number of halogens is 1. The SMILES string of the molecule is O=C([O-])N1CCC(c2ccc(F)cc2)C(OCc2cc(OCCc3ccccc3)c3ccccc3c2)C1. The maximum atomic E-state index is 13.5. The van der Waals surface area contributed by atoms with Crippen LogP contribution in [0.25, 0.3) is 10.8 Å². The molecule has 2 unspecified atom stereocenters. The van der Waals surface area contributed by atoms with Crippen LogP contribution in [0.4, 0.5) is 9.18 Å². The van der Waals surface area contributed by atoms with Gasteiger partial charge < -0.3 is 24.3 Å². The molecule has 0 spiro atoms. The molecule has 37 heavy (non-hydrogen) atoms. The van der Waals surface area contributed by atoms with E-state index in [4.69, 9.17) is 9.47 Å². The van der Waals surface area contributed by atoms with Crippen LogP contribution in [0.1, 0.15) is 29.0 Å². The van der Waals surface area contributed by atoms with Gasteiger partial charge in [-0.3, -0.25) is 0 Å². The van der Waals surface area contributed by atoms with Crippen molar-refractivity contribution in [2.45, 2.75) is 31.5 Å². The van der Waals surface area contributed by atoms with Crippen molar-refractivity contribution in [2.75, 3.05) is 19.7 Å². The van der Waals surface area contributed by atoms with Crippen LogP contribution in [0.2, 0.25) is 0 Å². The molecule has 1 aliphatic heterocycles. The first kappa shape index (κ1) is 24.8. The summed E-state index contributed by atoms with van der Waals surface area (Å²) in [5.41, 5.74) is 3.09. The molecule has 5 nitrogen and oxygen atoms in total. The van der Waals surface area contributed by atoms with Crippen molar-refractivity contribution in [3.63, 3.8) is 0 Å². The smallest absolute Gasteiger partial charge is 0.137 e. The Kier molecular flexibility index (Phi) is 7.66. The minimum absolute atomic E-state index is 0.0433. The van der Waals surface area contributed by atoms with Gasteiger partial charge in [0.2, 0.25) is 0 Å². The van der Waals surface area contributed by atoms with E-state index in [2.05, 4.69) is 18.2 Å². The van der Waals surface area contributed by atoms with Gasteiger partial charge in [0.05, 0.1) is 19.3 Å². The summed E-state index contributed by atoms with van der Waals surface area (Å²) in [6.45, 7) is 1.41. The number of carbonyl (C=O) groups is 1. The van der Waals surface area contributed by atoms with E-state index in [0.717, 1.165) is 34.1 Å². The third-order valence-corrected chi connectivity index (χ3v) is 6.95. The van der Waals surface area contributed by atoms with Crippen molar-refractivity contribution in [1.82, 2.24) is 4.90 Å². The lowest BCUT2D eigenvalue weighted by Gasteiger charge is -2.40. The number of fused-ring (bicyclic) bond motifs is 1. The summed E-state index contributed by atoms with van der Waals surface area (Å²) in [4.78, 5) is 12.8. The van der Waals surface area contributed by atoms with Gasteiger partial charge in [0.15, 0.2) is 0 Å². The minimum Gasteiger partial charge on any atom is -0.530 e. The van der Waals surface area contributed by atoms with Gasteiger partial charge in [-0.25, -0.2) is 4.39 Å². The molecule has 2 atom stereocenters. The highest BCUT2D eigenvalue weighted by Crippen LogP contribution is 2.33. The van der Waals surface area contributed by atoms with E-state index in [9.17, 15) is 14.3 Å². The molecule has 1 amide bonds. The number of amides is 1. The Morgan fingerprint density at radius 3 is 2.49 bits per heavy atom. The standard InChI is InChI=1S/C31H30FNO4/c32-26-12-10-24(11-13-26)28-14-16-33(31(34)35)20-30(28)37-21-23-18-25-8-4-5-9-27(25)29(19-23)36-17-15-22-6-2-1-3-7-22/h1-13,18-19,28,30H,14-17,20-21H2,(H,34,35)/p-1. The molecule has 1 saturated heterocycles. The number of nitrogens with zero attached hydrogens (tertiary/aromatic N) is 1. The van der Waals surface area contributed by atoms with Gasteiger partial charge in [-0.05, 0) is 52.8 Å². The highest BCUT2D eigenvalue weighted by molar-refractivity contribution is 5.89. The van der Waals surface area contributed by atoms with Gasteiger partial charge in [-0.1, -0.05) is 66.7 Å². The predicted octanol–water partition coefficient (Wildman–Crippen LogP) is 5.32. The molecule has 0 saturated carbocycles. The molecule has 0 aliphatic carbocycles. The topological polar surface area (TPSA) is 61.8 Å². The van der Waals surface area contributed by atoms with Gasteiger partial charge in [0.1, 0.15) is 17.7 Å². The highest BCUT2D eigenvalue weighted by Gasteiger charge is 2.31. The van der Waals surface area contributed by atoms with E-state index >= 15 is 0 Å². The maximum absolute atomic E-state index is 13.5. The zero-order valence-electron chi connectivity index (χ0n) is 20.5. The largest absolute Gasteiger partial charge is 0.530 e. The quantitative estimate of drug-likeness (QED) is 0.330. The fraction of sp³-hybridized carbons (Fsp3) is 0.258. The minimum atomic E-state index is -1.20. The number of hydrogen-bond acceptors (Lipinski definition) is 4. The summed E-state index contributed by atoms with van der Waals surface area (Å²) in [6, 6.07) is 28.7. The van der Waals surface area contributed by atoms with E-state index in [1.54, 1.807) is 12.1 Å². The summed E-state index contributed by atoms with van der Waals surface area (Å²) in [5, 5.41) is 13.6. The van der Waals surface area contributed by atoms with Crippen molar-refractivity contribution in [3.8, 4) is 5.75 Å². The summed E-state index contributed by atoms with van der Waals surface area (Å²) in [5.74, 6) is 0.449. The number of rotatable bonds is 8. The Labute approximate surface area is 216 Å². The summed E-state index contributed by atoms with van der Waals surface area (Å²) in [7, 11) is 0. The van der Waals surface area contributed by atoms with Crippen molar-refractivity contribution in [1.29, 1.82) is 0 Å². The molecule has 6 heteroatoms. The number of carboxylic acid groups (broad SMARTS) is 1. The second-order valence-electron chi connectivity index (χ2n) is 9.41. The molecule has 5 rings (SSSR count). The van der Waals surface area contributed by atoms with Crippen LogP contribution in [0.3, 0.4) is 0 Å². The fourth-order valence-electron chi connectivity index (χ4n) is 5.01. The zero-order valence-corrected chi connectivity index (χ0v) is 20.5. The van der Waals surface area contributed by atoms with E-state index in [1.165, 1.54) is 22.6 Å². The average molecular weight is 499 g/mol. The Morgan fingerprint density at radius 1 is 0.946 bits per heavy atom. The normalized spacial score (nSPS) is 17.6. The molecule has 4 aromatic rings. The first-order valence-electron chi connectivity index (χ1n) is 12.6. The summed E-state index contributed by atoms with van der Waals surface area (Å²) >= 11 is 0. The third kappa shape index (κ3) is 6.09. The number of likely N-dealkylation sites (tertiary alicyclic amines) is 1. The van der Waals surface area contributed by atoms with Gasteiger partial charge in [-0.15, -0.1) is 0 Å². The third-order valence-electron chi connectivity index (χ3n) is 6.95. The molecule has 0 bridgehead atoms. The van der Waals surface area contributed by atoms with Crippen molar-refractivity contribution in [3.05, 3.63) is 114 Å². The zero-order chi connectivity index (χ0) is 25.6. The fourth-order valence-corrected chi connectivity index (χ4v) is 5.01. The van der Waals surface area contributed by atoms with Crippen LogP contribution in [0, 0.1) is 5.82 Å². The lowest BCUT2D eigenvalue weighted by atomic mass is 9.87. The Morgan fingerprint density at radius 2 is 1.70 bits per heavy atom. The van der Waals surface area contributed by atoms with Crippen LogP contribution in [-0.2, 0) is 17.8 Å². The number of benzene rings is 4. The van der Waals surface area contributed by atoms with Gasteiger partial charge in [0, 0.05) is 30.8 Å². The molecule has 1 fully saturated rings. The first-order chi connectivity index (χ1) is 18.1. The predicted molar refractivity (Wildman–Crippen MR) is 139 cm³/mol. The van der Waals surface area contributed by atoms with Gasteiger partial charge in [0.25, 0.3) is 0 Å². The van der Waals surface area contributed by atoms with Crippen molar-refractivity contribution >= 4 is 16.9 Å². The van der Waals surface area contributed by atoms with Crippen LogP contribution in [0.5, 0.6) is 5.75 Å². The number of carbonyl (C=O) groups excluding carboxylic acids is 1. The lowest BCUT2D eigenvalue weighted by molar-refractivity contribution is -0.268. The maximum Gasteiger partial charge on any atom is 0.137 e. The second-order valence-corrected chi connectivity index (χ2v) is 9.41. The highest BCUT2D eigenvalue weighted by atomic mass is 19.1. The lowest BCUT2D eigenvalue weighted by Crippen LogP contribution is -2.51. The molecule has 0 aromatic heterocycles. The molecular weight excluding hydrogens is 469 g/mol. The number of piperidine rings is 1. The van der Waals surface area contributed by atoms with Crippen LogP contribution in [0.15, 0.2) is 91.0 Å². The molecule has 0 radical (unpaired) electrons. The van der Waals surface area contributed by atoms with Crippen LogP contribution in [-0.4, -0.2) is 36.8 Å². The summed E-state index contributed by atoms with van der Waals surface area (Å²) in [6.07, 6.45) is -0.205. The Bertz CT molecular complexity index is 1340. The monoisotopic (exact) mass is 498 g/mol. The first-order valence-corrected chi connectivity index (χ1v) is 12.6. The van der Waals surface area contributed by atoms with Crippen molar-refractivity contribution in [2.24, 2.45) is 0 Å². The number of hydrogen-bond donors (Lipinski definition) is 0. The molecule has 1 heterocycles. The van der Waals surface area contributed by atoms with Crippen LogP contribution >= 0.6 is 0 Å². The Balaban J connectivity index is 1.33. The van der Waals surface area contributed by atoms with E-state index in [0.29, 0.717) is 26.2 Å². The van der Waals surface area contributed by atoms with E-state index in [1.807, 2.05) is 48.5 Å². The average Bonchev–Trinajstić information content (AvgIpc) is 2.93. The molecule has 1 aliphatic rings. The molecule has 4 aromatic carbocycles. The number of ether oxygens (including phenoxy) is 2.